The monoisotopic (exact) mass is 368 g/mol. The van der Waals surface area contributed by atoms with E-state index >= 15 is 0 Å². The Morgan fingerprint density at radius 3 is 2.52 bits per heavy atom. The highest BCUT2D eigenvalue weighted by atomic mass is 32.2. The maximum Gasteiger partial charge on any atom is 0.237 e. The Morgan fingerprint density at radius 1 is 1.28 bits per heavy atom. The molecule has 10 heteroatoms. The molecular weight excluding hydrogens is 350 g/mol. The average Bonchev–Trinajstić information content (AvgIpc) is 2.55. The third kappa shape index (κ3) is 4.99. The van der Waals surface area contributed by atoms with Crippen LogP contribution in [0.3, 0.4) is 0 Å². The van der Waals surface area contributed by atoms with Gasteiger partial charge in [-0.15, -0.1) is 11.8 Å². The van der Waals surface area contributed by atoms with Crippen molar-refractivity contribution in [1.82, 2.24) is 15.0 Å². The molecule has 3 N–H and O–H groups in total. The topological polar surface area (TPSA) is 97.0 Å². The number of carbonyl (C=O) groups is 1. The molecule has 0 fully saturated rings. The van der Waals surface area contributed by atoms with Crippen LogP contribution in [0.25, 0.3) is 0 Å². The molecule has 0 radical (unpaired) electrons. The summed E-state index contributed by atoms with van der Waals surface area (Å²) in [6.45, 7) is 1.62. The van der Waals surface area contributed by atoms with Crippen molar-refractivity contribution < 1.29 is 13.6 Å². The fourth-order valence-electron chi connectivity index (χ4n) is 1.81. The predicted molar refractivity (Wildman–Crippen MR) is 94.3 cm³/mol. The molecule has 1 amide bonds. The second-order valence-electron chi connectivity index (χ2n) is 5.34. The van der Waals surface area contributed by atoms with Gasteiger partial charge in [0.05, 0.1) is 11.0 Å². The zero-order valence-corrected chi connectivity index (χ0v) is 14.8. The van der Waals surface area contributed by atoms with Crippen LogP contribution in [0.15, 0.2) is 18.2 Å². The third-order valence-corrected chi connectivity index (χ3v) is 4.27. The van der Waals surface area contributed by atoms with Gasteiger partial charge in [-0.05, 0) is 19.1 Å². The number of halogens is 2. The van der Waals surface area contributed by atoms with Crippen LogP contribution in [-0.4, -0.2) is 40.2 Å². The maximum absolute atomic E-state index is 13.6. The summed E-state index contributed by atoms with van der Waals surface area (Å²) >= 11 is 1.21. The molecule has 2 aromatic rings. The van der Waals surface area contributed by atoms with Crippen LogP contribution in [0.1, 0.15) is 12.7 Å². The fourth-order valence-corrected chi connectivity index (χ4v) is 2.55. The van der Waals surface area contributed by atoms with E-state index in [9.17, 15) is 13.6 Å². The van der Waals surface area contributed by atoms with E-state index in [1.807, 2.05) is 0 Å². The van der Waals surface area contributed by atoms with Gasteiger partial charge in [0, 0.05) is 14.1 Å². The Balaban J connectivity index is 2.00. The zero-order chi connectivity index (χ0) is 18.6. The SMILES string of the molecule is CC(SCc1nc(N)nc(N(C)C)n1)C(=O)Nc1c(F)cccc1F. The summed E-state index contributed by atoms with van der Waals surface area (Å²) in [4.78, 5) is 26.0. The molecule has 0 spiro atoms. The minimum atomic E-state index is -0.827. The van der Waals surface area contributed by atoms with Crippen molar-refractivity contribution in [3.63, 3.8) is 0 Å². The van der Waals surface area contributed by atoms with Crippen LogP contribution in [0.2, 0.25) is 0 Å². The fraction of sp³-hybridized carbons (Fsp3) is 0.333. The number of thioether (sulfide) groups is 1. The van der Waals surface area contributed by atoms with Crippen LogP contribution in [0.5, 0.6) is 0 Å². The van der Waals surface area contributed by atoms with Gasteiger partial charge in [0.15, 0.2) is 0 Å². The summed E-state index contributed by atoms with van der Waals surface area (Å²) in [6.07, 6.45) is 0. The minimum absolute atomic E-state index is 0.0832. The van der Waals surface area contributed by atoms with E-state index in [0.29, 0.717) is 17.5 Å². The summed E-state index contributed by atoms with van der Waals surface area (Å²) in [5.41, 5.74) is 5.18. The van der Waals surface area contributed by atoms with E-state index in [0.717, 1.165) is 12.1 Å². The number of para-hydroxylation sites is 1. The number of amides is 1. The number of nitrogens with one attached hydrogen (secondary N) is 1. The molecule has 0 aliphatic carbocycles. The van der Waals surface area contributed by atoms with E-state index < -0.39 is 28.5 Å². The first-order valence-electron chi connectivity index (χ1n) is 7.32. The number of benzene rings is 1. The van der Waals surface area contributed by atoms with Crippen LogP contribution >= 0.6 is 11.8 Å². The molecule has 134 valence electrons. The van der Waals surface area contributed by atoms with Gasteiger partial charge in [-0.1, -0.05) is 6.07 Å². The van der Waals surface area contributed by atoms with Crippen molar-refractivity contribution in [3.8, 4) is 0 Å². The largest absolute Gasteiger partial charge is 0.368 e. The second kappa shape index (κ2) is 8.06. The van der Waals surface area contributed by atoms with E-state index in [-0.39, 0.29) is 5.95 Å². The lowest BCUT2D eigenvalue weighted by atomic mass is 10.3. The van der Waals surface area contributed by atoms with Crippen molar-refractivity contribution in [2.24, 2.45) is 0 Å². The molecule has 1 aromatic heterocycles. The number of nitrogens with two attached hydrogens (primary N) is 1. The number of rotatable bonds is 6. The van der Waals surface area contributed by atoms with Crippen molar-refractivity contribution in [3.05, 3.63) is 35.7 Å². The molecule has 0 saturated carbocycles. The van der Waals surface area contributed by atoms with Gasteiger partial charge in [-0.2, -0.15) is 15.0 Å². The smallest absolute Gasteiger partial charge is 0.237 e. The molecular formula is C15H18F2N6OS. The van der Waals surface area contributed by atoms with Gasteiger partial charge < -0.3 is 16.0 Å². The number of aromatic nitrogens is 3. The molecule has 1 atom stereocenters. The van der Waals surface area contributed by atoms with Gasteiger partial charge in [-0.25, -0.2) is 8.78 Å². The van der Waals surface area contributed by atoms with E-state index in [1.54, 1.807) is 25.9 Å². The number of nitrogen functional groups attached to an aromatic ring is 1. The molecule has 1 unspecified atom stereocenters. The first kappa shape index (κ1) is 18.8. The van der Waals surface area contributed by atoms with Crippen LogP contribution in [0.4, 0.5) is 26.4 Å². The van der Waals surface area contributed by atoms with Gasteiger partial charge in [0.25, 0.3) is 0 Å². The number of anilines is 3. The van der Waals surface area contributed by atoms with Crippen molar-refractivity contribution in [1.29, 1.82) is 0 Å². The molecule has 1 heterocycles. The Morgan fingerprint density at radius 2 is 1.92 bits per heavy atom. The predicted octanol–water partition coefficient (Wildman–Crippen LogP) is 2.06. The summed E-state index contributed by atoms with van der Waals surface area (Å²) < 4.78 is 27.2. The Bertz CT molecular complexity index is 753. The van der Waals surface area contributed by atoms with Gasteiger partial charge >= 0.3 is 0 Å². The molecule has 2 rings (SSSR count). The maximum atomic E-state index is 13.6. The highest BCUT2D eigenvalue weighted by molar-refractivity contribution is 7.99. The summed E-state index contributed by atoms with van der Waals surface area (Å²) in [5, 5.41) is 1.68. The van der Waals surface area contributed by atoms with Gasteiger partial charge in [0.1, 0.15) is 23.1 Å². The summed E-state index contributed by atoms with van der Waals surface area (Å²) in [7, 11) is 3.54. The minimum Gasteiger partial charge on any atom is -0.368 e. The third-order valence-electron chi connectivity index (χ3n) is 3.13. The van der Waals surface area contributed by atoms with Crippen LogP contribution in [0, 0.1) is 11.6 Å². The Hall–Kier alpha value is -2.49. The summed E-state index contributed by atoms with van der Waals surface area (Å²) in [6, 6.07) is 3.38. The van der Waals surface area contributed by atoms with Gasteiger partial charge in [0.2, 0.25) is 17.8 Å². The lowest BCUT2D eigenvalue weighted by Crippen LogP contribution is -2.24. The lowest BCUT2D eigenvalue weighted by Gasteiger charge is -2.14. The molecule has 25 heavy (non-hydrogen) atoms. The van der Waals surface area contributed by atoms with Crippen molar-refractivity contribution in [2.45, 2.75) is 17.9 Å². The average molecular weight is 368 g/mol. The van der Waals surface area contributed by atoms with E-state index in [1.165, 1.54) is 17.8 Å². The zero-order valence-electron chi connectivity index (χ0n) is 14.0. The van der Waals surface area contributed by atoms with E-state index in [2.05, 4.69) is 20.3 Å². The summed E-state index contributed by atoms with van der Waals surface area (Å²) in [5.74, 6) is -0.977. The number of carbonyl (C=O) groups excluding carboxylic acids is 1. The van der Waals surface area contributed by atoms with Crippen molar-refractivity contribution >= 4 is 35.3 Å². The molecule has 1 aromatic carbocycles. The Labute approximate surface area is 148 Å². The quantitative estimate of drug-likeness (QED) is 0.805. The molecule has 0 aliphatic rings. The number of nitrogens with zero attached hydrogens (tertiary/aromatic N) is 4. The van der Waals surface area contributed by atoms with Gasteiger partial charge in [-0.3, -0.25) is 4.79 Å². The first-order valence-corrected chi connectivity index (χ1v) is 8.37. The number of hydrogen-bond donors (Lipinski definition) is 2. The normalized spacial score (nSPS) is 11.9. The Kier molecular flexibility index (Phi) is 6.07. The standard InChI is InChI=1S/C15H18F2N6OS/c1-8(13(24)21-12-9(16)5-4-6-10(12)17)25-7-11-19-14(18)22-15(20-11)23(2)3/h4-6,8H,7H2,1-3H3,(H,21,24)(H2,18,19,20,22). The van der Waals surface area contributed by atoms with E-state index in [4.69, 9.17) is 5.73 Å². The molecule has 0 bridgehead atoms. The van der Waals surface area contributed by atoms with Crippen LogP contribution in [-0.2, 0) is 10.5 Å². The second-order valence-corrected chi connectivity index (χ2v) is 6.67. The molecule has 7 nitrogen and oxygen atoms in total. The lowest BCUT2D eigenvalue weighted by molar-refractivity contribution is -0.115. The highest BCUT2D eigenvalue weighted by Gasteiger charge is 2.18. The van der Waals surface area contributed by atoms with Crippen molar-refractivity contribution in [2.75, 3.05) is 30.0 Å². The molecule has 0 aliphatic heterocycles. The van der Waals surface area contributed by atoms with Crippen LogP contribution < -0.4 is 16.0 Å². The first-order chi connectivity index (χ1) is 11.8. The molecule has 0 saturated heterocycles. The number of hydrogen-bond acceptors (Lipinski definition) is 7. The highest BCUT2D eigenvalue weighted by Crippen LogP contribution is 2.22.